The minimum absolute atomic E-state index is 0.0616. The number of hydrogen-bond donors (Lipinski definition) is 1. The van der Waals surface area contributed by atoms with E-state index in [1.165, 1.54) is 12.8 Å². The molecular formula is C20H26N4O2. The van der Waals surface area contributed by atoms with Gasteiger partial charge in [-0.3, -0.25) is 9.69 Å². The summed E-state index contributed by atoms with van der Waals surface area (Å²) in [6.07, 6.45) is 2.50. The Bertz CT molecular complexity index is 725. The van der Waals surface area contributed by atoms with Crippen molar-refractivity contribution in [1.29, 1.82) is 0 Å². The molecular weight excluding hydrogens is 328 g/mol. The van der Waals surface area contributed by atoms with Crippen molar-refractivity contribution >= 4 is 11.9 Å². The summed E-state index contributed by atoms with van der Waals surface area (Å²) in [7, 11) is 0. The van der Waals surface area contributed by atoms with Gasteiger partial charge >= 0.3 is 6.03 Å². The van der Waals surface area contributed by atoms with Crippen LogP contribution in [0.3, 0.4) is 0 Å². The van der Waals surface area contributed by atoms with E-state index in [-0.39, 0.29) is 18.0 Å². The first-order chi connectivity index (χ1) is 12.7. The molecule has 3 heterocycles. The molecule has 0 aliphatic carbocycles. The maximum atomic E-state index is 13.2. The number of carbonyl (C=O) groups is 2. The minimum Gasteiger partial charge on any atom is -0.332 e. The van der Waals surface area contributed by atoms with Gasteiger partial charge in [-0.25, -0.2) is 4.79 Å². The van der Waals surface area contributed by atoms with Crippen LogP contribution in [0, 0.1) is 0 Å². The van der Waals surface area contributed by atoms with Gasteiger partial charge in [0.1, 0.15) is 0 Å². The molecule has 1 aromatic carbocycles. The van der Waals surface area contributed by atoms with Crippen molar-refractivity contribution in [2.45, 2.75) is 25.8 Å². The Labute approximate surface area is 154 Å². The van der Waals surface area contributed by atoms with Crippen LogP contribution in [0.1, 0.15) is 31.4 Å². The molecule has 0 radical (unpaired) electrons. The predicted octanol–water partition coefficient (Wildman–Crippen LogP) is 1.96. The number of benzene rings is 1. The molecule has 1 aromatic rings. The number of nitrogens with zero attached hydrogens (tertiary/aromatic N) is 3. The lowest BCUT2D eigenvalue weighted by atomic mass is 9.95. The number of urea groups is 1. The van der Waals surface area contributed by atoms with E-state index in [0.29, 0.717) is 13.1 Å². The van der Waals surface area contributed by atoms with Gasteiger partial charge in [-0.2, -0.15) is 0 Å². The van der Waals surface area contributed by atoms with E-state index in [4.69, 9.17) is 0 Å². The molecule has 4 rings (SSSR count). The molecule has 0 bridgehead atoms. The molecule has 3 amide bonds. The van der Waals surface area contributed by atoms with Gasteiger partial charge in [0.15, 0.2) is 0 Å². The Kier molecular flexibility index (Phi) is 4.68. The molecule has 0 aromatic heterocycles. The maximum absolute atomic E-state index is 13.2. The number of likely N-dealkylation sites (N-methyl/N-ethyl adjacent to an activating group) is 1. The summed E-state index contributed by atoms with van der Waals surface area (Å²) < 4.78 is 0. The highest BCUT2D eigenvalue weighted by Gasteiger charge is 2.43. The number of hydrogen-bond acceptors (Lipinski definition) is 3. The van der Waals surface area contributed by atoms with E-state index in [9.17, 15) is 9.59 Å². The van der Waals surface area contributed by atoms with Gasteiger partial charge in [0.05, 0.1) is 23.9 Å². The number of likely N-dealkylation sites (tertiary alicyclic amines) is 1. The van der Waals surface area contributed by atoms with Crippen LogP contribution < -0.4 is 5.32 Å². The Balaban J connectivity index is 1.58. The minimum atomic E-state index is -0.356. The van der Waals surface area contributed by atoms with Gasteiger partial charge < -0.3 is 15.1 Å². The van der Waals surface area contributed by atoms with E-state index < -0.39 is 0 Å². The third-order valence-electron chi connectivity index (χ3n) is 5.63. The standard InChI is InChI=1S/C20H26N4O2/c1-2-24-16-14-23(13-12-22-10-6-7-11-22)19(25)17(16)18(21-20(24)26)15-8-4-3-5-9-15/h3-5,8-9,18H,2,6-7,10-14H2,1H3,(H,21,26). The first kappa shape index (κ1) is 17.1. The van der Waals surface area contributed by atoms with Crippen LogP contribution in [0.5, 0.6) is 0 Å². The summed E-state index contributed by atoms with van der Waals surface area (Å²) in [6, 6.07) is 9.30. The molecule has 1 N–H and O–H groups in total. The molecule has 6 heteroatoms. The summed E-state index contributed by atoms with van der Waals surface area (Å²) in [5.74, 6) is 0.0616. The van der Waals surface area contributed by atoms with Crippen molar-refractivity contribution in [3.8, 4) is 0 Å². The summed E-state index contributed by atoms with van der Waals surface area (Å²) in [5.41, 5.74) is 2.56. The van der Waals surface area contributed by atoms with Gasteiger partial charge in [0.2, 0.25) is 0 Å². The van der Waals surface area contributed by atoms with Crippen LogP contribution in [-0.4, -0.2) is 65.9 Å². The number of amides is 3. The summed E-state index contributed by atoms with van der Waals surface area (Å²) >= 11 is 0. The second-order valence-corrected chi connectivity index (χ2v) is 7.17. The van der Waals surface area contributed by atoms with E-state index in [1.807, 2.05) is 42.2 Å². The molecule has 3 aliphatic rings. The molecule has 1 saturated heterocycles. The van der Waals surface area contributed by atoms with E-state index in [0.717, 1.165) is 43.0 Å². The smallest absolute Gasteiger partial charge is 0.322 e. The van der Waals surface area contributed by atoms with Crippen LogP contribution in [-0.2, 0) is 4.79 Å². The number of rotatable bonds is 5. The van der Waals surface area contributed by atoms with E-state index in [1.54, 1.807) is 4.90 Å². The lowest BCUT2D eigenvalue weighted by Crippen LogP contribution is -2.47. The fourth-order valence-electron chi connectivity index (χ4n) is 4.23. The molecule has 0 saturated carbocycles. The largest absolute Gasteiger partial charge is 0.332 e. The van der Waals surface area contributed by atoms with E-state index >= 15 is 0 Å². The first-order valence-corrected chi connectivity index (χ1v) is 9.56. The van der Waals surface area contributed by atoms with Crippen molar-refractivity contribution in [3.63, 3.8) is 0 Å². The zero-order valence-corrected chi connectivity index (χ0v) is 15.3. The van der Waals surface area contributed by atoms with Gasteiger partial charge in [0, 0.05) is 19.6 Å². The van der Waals surface area contributed by atoms with Crippen LogP contribution in [0.2, 0.25) is 0 Å². The Morgan fingerprint density at radius 2 is 1.81 bits per heavy atom. The van der Waals surface area contributed by atoms with Gasteiger partial charge in [-0.15, -0.1) is 0 Å². The monoisotopic (exact) mass is 354 g/mol. The third-order valence-corrected chi connectivity index (χ3v) is 5.63. The fourth-order valence-corrected chi connectivity index (χ4v) is 4.23. The average molecular weight is 354 g/mol. The third kappa shape index (κ3) is 2.98. The molecule has 138 valence electrons. The number of nitrogens with one attached hydrogen (secondary N) is 1. The van der Waals surface area contributed by atoms with Crippen molar-refractivity contribution in [2.24, 2.45) is 0 Å². The Morgan fingerprint density at radius 3 is 2.50 bits per heavy atom. The molecule has 26 heavy (non-hydrogen) atoms. The predicted molar refractivity (Wildman–Crippen MR) is 99.4 cm³/mol. The topological polar surface area (TPSA) is 55.9 Å². The van der Waals surface area contributed by atoms with Gasteiger partial charge in [0.25, 0.3) is 5.91 Å². The van der Waals surface area contributed by atoms with Gasteiger partial charge in [-0.05, 0) is 38.4 Å². The van der Waals surface area contributed by atoms with Crippen molar-refractivity contribution in [1.82, 2.24) is 20.0 Å². The molecule has 1 fully saturated rings. The highest BCUT2D eigenvalue weighted by molar-refractivity contribution is 6.01. The number of carbonyl (C=O) groups excluding carboxylic acids is 2. The van der Waals surface area contributed by atoms with Crippen molar-refractivity contribution in [2.75, 3.05) is 39.3 Å². The SMILES string of the molecule is CCN1C(=O)NC(c2ccccc2)C2=C1CN(CCN1CCCC1)C2=O. The fraction of sp³-hybridized carbons (Fsp3) is 0.500. The Hall–Kier alpha value is -2.34. The molecule has 6 nitrogen and oxygen atoms in total. The second-order valence-electron chi connectivity index (χ2n) is 7.17. The Morgan fingerprint density at radius 1 is 1.08 bits per heavy atom. The van der Waals surface area contributed by atoms with Crippen LogP contribution in [0.15, 0.2) is 41.6 Å². The normalized spacial score (nSPS) is 23.7. The van der Waals surface area contributed by atoms with Crippen molar-refractivity contribution < 1.29 is 9.59 Å². The summed E-state index contributed by atoms with van der Waals surface area (Å²) in [5, 5.41) is 3.02. The van der Waals surface area contributed by atoms with E-state index in [2.05, 4.69) is 10.2 Å². The zero-order valence-electron chi connectivity index (χ0n) is 15.3. The van der Waals surface area contributed by atoms with Crippen LogP contribution >= 0.6 is 0 Å². The van der Waals surface area contributed by atoms with Crippen LogP contribution in [0.4, 0.5) is 4.79 Å². The zero-order chi connectivity index (χ0) is 18.1. The lowest BCUT2D eigenvalue weighted by Gasteiger charge is -2.32. The van der Waals surface area contributed by atoms with Crippen molar-refractivity contribution in [3.05, 3.63) is 47.2 Å². The second kappa shape index (κ2) is 7.11. The molecule has 1 unspecified atom stereocenters. The highest BCUT2D eigenvalue weighted by Crippen LogP contribution is 2.35. The average Bonchev–Trinajstić information content (AvgIpc) is 3.28. The molecule has 1 atom stereocenters. The summed E-state index contributed by atoms with van der Waals surface area (Å²) in [4.78, 5) is 31.8. The highest BCUT2D eigenvalue weighted by atomic mass is 16.2. The summed E-state index contributed by atoms with van der Waals surface area (Å²) in [6.45, 7) is 6.94. The lowest BCUT2D eigenvalue weighted by molar-refractivity contribution is -0.126. The molecule has 3 aliphatic heterocycles. The quantitative estimate of drug-likeness (QED) is 0.880. The maximum Gasteiger partial charge on any atom is 0.322 e. The molecule has 0 spiro atoms. The first-order valence-electron chi connectivity index (χ1n) is 9.56. The van der Waals surface area contributed by atoms with Crippen LogP contribution in [0.25, 0.3) is 0 Å². The van der Waals surface area contributed by atoms with Gasteiger partial charge in [-0.1, -0.05) is 30.3 Å².